The standard InChI is InChI=1S/C24H27F2N7O2/c1-13-2-4-14(5-3-13)33-11-19(22(31-33)23(25)26)28-24(34)17-9-27-30-18-6-7-20(29-21(17)18)32-10-16-8-15(32)12-35-16/h6-7,9,11,13-16,23H,2-5,8,10,12H2,1H3,(H,28,34). The fourth-order valence-corrected chi connectivity index (χ4v) is 5.48. The number of alkyl halides is 2. The Morgan fingerprint density at radius 1 is 1.20 bits per heavy atom. The van der Waals surface area contributed by atoms with E-state index in [1.165, 1.54) is 12.4 Å². The molecule has 5 heterocycles. The number of carbonyl (C=O) groups is 1. The zero-order chi connectivity index (χ0) is 24.1. The summed E-state index contributed by atoms with van der Waals surface area (Å²) in [6, 6.07) is 3.96. The van der Waals surface area contributed by atoms with E-state index < -0.39 is 18.0 Å². The summed E-state index contributed by atoms with van der Waals surface area (Å²) in [4.78, 5) is 20.2. The number of fused-ring (bicyclic) bond motifs is 3. The third-order valence-electron chi connectivity index (χ3n) is 7.48. The lowest BCUT2D eigenvalue weighted by Crippen LogP contribution is -2.37. The summed E-state index contributed by atoms with van der Waals surface area (Å²) in [5, 5.41) is 14.8. The molecule has 2 unspecified atom stereocenters. The summed E-state index contributed by atoms with van der Waals surface area (Å²) in [6.45, 7) is 3.61. The predicted octanol–water partition coefficient (Wildman–Crippen LogP) is 4.14. The number of nitrogens with zero attached hydrogens (tertiary/aromatic N) is 6. The Morgan fingerprint density at radius 3 is 2.74 bits per heavy atom. The molecule has 2 saturated heterocycles. The molecule has 2 bridgehead atoms. The Hall–Kier alpha value is -3.21. The van der Waals surface area contributed by atoms with Crippen LogP contribution in [0.2, 0.25) is 0 Å². The number of hydrogen-bond donors (Lipinski definition) is 1. The highest BCUT2D eigenvalue weighted by molar-refractivity contribution is 6.11. The summed E-state index contributed by atoms with van der Waals surface area (Å²) < 4.78 is 34.9. The number of rotatable bonds is 5. The van der Waals surface area contributed by atoms with E-state index in [0.717, 1.165) is 44.5 Å². The molecular formula is C24H27F2N7O2. The molecule has 0 radical (unpaired) electrons. The van der Waals surface area contributed by atoms with Crippen LogP contribution < -0.4 is 10.2 Å². The fourth-order valence-electron chi connectivity index (χ4n) is 5.48. The summed E-state index contributed by atoms with van der Waals surface area (Å²) in [5.74, 6) is 0.797. The number of carbonyl (C=O) groups excluding carboxylic acids is 1. The van der Waals surface area contributed by atoms with Crippen molar-refractivity contribution in [1.29, 1.82) is 0 Å². The van der Waals surface area contributed by atoms with Crippen molar-refractivity contribution < 1.29 is 18.3 Å². The van der Waals surface area contributed by atoms with Gasteiger partial charge < -0.3 is 15.0 Å². The number of pyridine rings is 1. The molecule has 1 aliphatic carbocycles. The van der Waals surface area contributed by atoms with Crippen molar-refractivity contribution >= 4 is 28.4 Å². The fraction of sp³-hybridized carbons (Fsp3) is 0.542. The lowest BCUT2D eigenvalue weighted by molar-refractivity contribution is 0.0988. The van der Waals surface area contributed by atoms with Crippen LogP contribution in [0, 0.1) is 5.92 Å². The number of amides is 1. The van der Waals surface area contributed by atoms with Crippen molar-refractivity contribution in [3.63, 3.8) is 0 Å². The summed E-state index contributed by atoms with van der Waals surface area (Å²) in [5.41, 5.74) is 0.606. The Kier molecular flexibility index (Phi) is 5.58. The zero-order valence-corrected chi connectivity index (χ0v) is 19.4. The van der Waals surface area contributed by atoms with Gasteiger partial charge in [-0.2, -0.15) is 10.2 Å². The maximum Gasteiger partial charge on any atom is 0.284 e. The van der Waals surface area contributed by atoms with E-state index in [0.29, 0.717) is 23.6 Å². The molecule has 0 spiro atoms. The number of aromatic nitrogens is 5. The Bertz CT molecular complexity index is 1260. The van der Waals surface area contributed by atoms with Gasteiger partial charge in [-0.25, -0.2) is 13.8 Å². The lowest BCUT2D eigenvalue weighted by Gasteiger charge is -2.28. The molecule has 3 aromatic heterocycles. The van der Waals surface area contributed by atoms with Crippen LogP contribution in [-0.2, 0) is 4.74 Å². The maximum absolute atomic E-state index is 13.8. The number of hydrogen-bond acceptors (Lipinski definition) is 7. The molecule has 1 amide bonds. The average Bonchev–Trinajstić information content (AvgIpc) is 3.60. The van der Waals surface area contributed by atoms with Crippen LogP contribution in [0.15, 0.2) is 24.5 Å². The van der Waals surface area contributed by atoms with E-state index in [9.17, 15) is 13.6 Å². The highest BCUT2D eigenvalue weighted by Gasteiger charge is 2.39. The minimum Gasteiger partial charge on any atom is -0.374 e. The Balaban J connectivity index is 1.29. The van der Waals surface area contributed by atoms with Crippen LogP contribution in [0.1, 0.15) is 67.5 Å². The van der Waals surface area contributed by atoms with E-state index in [1.54, 1.807) is 10.7 Å². The second-order valence-electron chi connectivity index (χ2n) is 9.87. The van der Waals surface area contributed by atoms with Gasteiger partial charge in [-0.1, -0.05) is 6.92 Å². The molecule has 3 aromatic rings. The highest BCUT2D eigenvalue weighted by atomic mass is 19.3. The van der Waals surface area contributed by atoms with Crippen LogP contribution in [-0.4, -0.2) is 56.2 Å². The quantitative estimate of drug-likeness (QED) is 0.582. The third-order valence-corrected chi connectivity index (χ3v) is 7.48. The molecule has 1 N–H and O–H groups in total. The normalized spacial score (nSPS) is 26.1. The number of halogens is 2. The molecule has 3 fully saturated rings. The van der Waals surface area contributed by atoms with Gasteiger partial charge in [0.15, 0.2) is 5.69 Å². The van der Waals surface area contributed by atoms with Gasteiger partial charge in [0.25, 0.3) is 12.3 Å². The van der Waals surface area contributed by atoms with Gasteiger partial charge in [-0.05, 0) is 50.2 Å². The van der Waals surface area contributed by atoms with Gasteiger partial charge in [-0.15, -0.1) is 5.10 Å². The molecule has 0 aromatic carbocycles. The molecule has 1 saturated carbocycles. The molecule has 35 heavy (non-hydrogen) atoms. The summed E-state index contributed by atoms with van der Waals surface area (Å²) >= 11 is 0. The van der Waals surface area contributed by atoms with Crippen molar-refractivity contribution in [2.75, 3.05) is 23.4 Å². The Labute approximate surface area is 200 Å². The first-order valence-corrected chi connectivity index (χ1v) is 12.2. The lowest BCUT2D eigenvalue weighted by atomic mass is 9.87. The molecule has 9 nitrogen and oxygen atoms in total. The van der Waals surface area contributed by atoms with Crippen LogP contribution in [0.4, 0.5) is 20.3 Å². The average molecular weight is 484 g/mol. The van der Waals surface area contributed by atoms with Gasteiger partial charge in [0.05, 0.1) is 42.2 Å². The predicted molar refractivity (Wildman–Crippen MR) is 125 cm³/mol. The first-order valence-electron chi connectivity index (χ1n) is 12.2. The molecule has 184 valence electrons. The number of anilines is 2. The van der Waals surface area contributed by atoms with E-state index >= 15 is 0 Å². The molecular weight excluding hydrogens is 456 g/mol. The second kappa shape index (κ2) is 8.78. The van der Waals surface area contributed by atoms with Crippen LogP contribution in [0.5, 0.6) is 0 Å². The first-order chi connectivity index (χ1) is 17.0. The molecule has 3 aliphatic rings. The van der Waals surface area contributed by atoms with Crippen molar-refractivity contribution in [2.45, 2.75) is 63.6 Å². The van der Waals surface area contributed by atoms with Crippen molar-refractivity contribution in [1.82, 2.24) is 25.0 Å². The van der Waals surface area contributed by atoms with Crippen LogP contribution >= 0.6 is 0 Å². The third kappa shape index (κ3) is 4.11. The summed E-state index contributed by atoms with van der Waals surface area (Å²) in [6.07, 6.45) is 5.03. The zero-order valence-electron chi connectivity index (χ0n) is 19.4. The van der Waals surface area contributed by atoms with E-state index in [-0.39, 0.29) is 29.4 Å². The minimum atomic E-state index is -2.81. The van der Waals surface area contributed by atoms with Crippen molar-refractivity contribution in [2.24, 2.45) is 5.92 Å². The summed E-state index contributed by atoms with van der Waals surface area (Å²) in [7, 11) is 0. The van der Waals surface area contributed by atoms with Gasteiger partial charge in [0.1, 0.15) is 16.9 Å². The van der Waals surface area contributed by atoms with Gasteiger partial charge >= 0.3 is 0 Å². The van der Waals surface area contributed by atoms with Crippen molar-refractivity contribution in [3.05, 3.63) is 35.8 Å². The highest BCUT2D eigenvalue weighted by Crippen LogP contribution is 2.35. The SMILES string of the molecule is CC1CCC(n2cc(NC(=O)c3cnnc4ccc(N5CC6CC5CO6)nc34)c(C(F)F)n2)CC1. The molecule has 6 rings (SSSR count). The number of morpholine rings is 1. The number of nitrogens with one attached hydrogen (secondary N) is 1. The van der Waals surface area contributed by atoms with Crippen molar-refractivity contribution in [3.8, 4) is 0 Å². The van der Waals surface area contributed by atoms with E-state index in [1.807, 2.05) is 6.07 Å². The van der Waals surface area contributed by atoms with E-state index in [2.05, 4.69) is 32.4 Å². The minimum absolute atomic E-state index is 0.0127. The second-order valence-corrected chi connectivity index (χ2v) is 9.87. The molecule has 2 aliphatic heterocycles. The topological polar surface area (TPSA) is 98.1 Å². The van der Waals surface area contributed by atoms with Gasteiger partial charge in [-0.3, -0.25) is 9.48 Å². The molecule has 11 heteroatoms. The van der Waals surface area contributed by atoms with E-state index in [4.69, 9.17) is 9.72 Å². The monoisotopic (exact) mass is 483 g/mol. The first kappa shape index (κ1) is 22.3. The van der Waals surface area contributed by atoms with Gasteiger partial charge in [0, 0.05) is 12.7 Å². The van der Waals surface area contributed by atoms with Gasteiger partial charge in [0.2, 0.25) is 0 Å². The molecule has 2 atom stereocenters. The van der Waals surface area contributed by atoms with Crippen LogP contribution in [0.25, 0.3) is 11.0 Å². The Morgan fingerprint density at radius 2 is 2.03 bits per heavy atom. The largest absolute Gasteiger partial charge is 0.374 e. The maximum atomic E-state index is 13.8. The van der Waals surface area contributed by atoms with Crippen LogP contribution in [0.3, 0.4) is 0 Å². The smallest absolute Gasteiger partial charge is 0.284 e. The number of ether oxygens (including phenoxy) is 1.